The van der Waals surface area contributed by atoms with Crippen molar-refractivity contribution in [3.8, 4) is 17.2 Å². The molecule has 18 heavy (non-hydrogen) atoms. The van der Waals surface area contributed by atoms with E-state index in [1.165, 1.54) is 17.2 Å². The van der Waals surface area contributed by atoms with E-state index in [1.807, 2.05) is 30.3 Å². The third-order valence-corrected chi connectivity index (χ3v) is 2.29. The molecule has 0 amide bonds. The van der Waals surface area contributed by atoms with Gasteiger partial charge in [0.25, 0.3) is 0 Å². The van der Waals surface area contributed by atoms with Gasteiger partial charge in [0.2, 0.25) is 5.82 Å². The summed E-state index contributed by atoms with van der Waals surface area (Å²) >= 11 is 0. The highest BCUT2D eigenvalue weighted by atomic mass is 15.6. The van der Waals surface area contributed by atoms with Gasteiger partial charge in [0.1, 0.15) is 5.82 Å². The van der Waals surface area contributed by atoms with E-state index in [1.54, 1.807) is 0 Å². The van der Waals surface area contributed by atoms with Crippen molar-refractivity contribution in [1.82, 2.24) is 30.2 Å². The number of anilines is 1. The van der Waals surface area contributed by atoms with Crippen molar-refractivity contribution in [3.05, 3.63) is 42.7 Å². The van der Waals surface area contributed by atoms with Crippen LogP contribution in [0.4, 0.5) is 5.82 Å². The summed E-state index contributed by atoms with van der Waals surface area (Å²) in [6.45, 7) is 0. The highest BCUT2D eigenvalue weighted by Crippen LogP contribution is 2.12. The van der Waals surface area contributed by atoms with Gasteiger partial charge in [-0.3, -0.25) is 4.98 Å². The van der Waals surface area contributed by atoms with Crippen LogP contribution in [0.5, 0.6) is 0 Å². The van der Waals surface area contributed by atoms with Gasteiger partial charge in [0.15, 0.2) is 5.82 Å². The van der Waals surface area contributed by atoms with E-state index in [0.717, 1.165) is 5.56 Å². The molecule has 3 rings (SSSR count). The van der Waals surface area contributed by atoms with Gasteiger partial charge in [0, 0.05) is 5.56 Å². The molecule has 0 unspecified atom stereocenters. The molecule has 0 fully saturated rings. The molecule has 0 spiro atoms. The molecular weight excluding hydrogens is 230 g/mol. The molecule has 7 nitrogen and oxygen atoms in total. The average Bonchev–Trinajstić information content (AvgIpc) is 2.89. The molecule has 0 aliphatic heterocycles. The summed E-state index contributed by atoms with van der Waals surface area (Å²) in [5, 5.41) is 12.1. The molecule has 88 valence electrons. The molecule has 1 aromatic carbocycles. The van der Waals surface area contributed by atoms with Gasteiger partial charge in [-0.25, -0.2) is 4.98 Å². The van der Waals surface area contributed by atoms with Gasteiger partial charge in [-0.15, -0.1) is 15.0 Å². The number of hydrogen-bond acceptors (Lipinski definition) is 6. The number of hydrogen-bond donors (Lipinski definition) is 1. The third kappa shape index (κ3) is 1.88. The molecule has 0 radical (unpaired) electrons. The Morgan fingerprint density at radius 3 is 2.67 bits per heavy atom. The Balaban J connectivity index is 2.00. The van der Waals surface area contributed by atoms with Crippen LogP contribution in [0, 0.1) is 0 Å². The zero-order valence-corrected chi connectivity index (χ0v) is 9.30. The van der Waals surface area contributed by atoms with Crippen LogP contribution < -0.4 is 5.73 Å². The molecule has 0 atom stereocenters. The maximum atomic E-state index is 5.55. The van der Waals surface area contributed by atoms with Crippen LogP contribution in [0.3, 0.4) is 0 Å². The first kappa shape index (κ1) is 10.3. The number of nitrogen functional groups attached to an aromatic ring is 1. The molecule has 7 heteroatoms. The second-order valence-electron chi connectivity index (χ2n) is 3.57. The first-order valence-corrected chi connectivity index (χ1v) is 5.26. The molecule has 2 aromatic heterocycles. The van der Waals surface area contributed by atoms with Crippen LogP contribution in [-0.4, -0.2) is 30.2 Å². The van der Waals surface area contributed by atoms with Crippen LogP contribution in [0.25, 0.3) is 17.2 Å². The van der Waals surface area contributed by atoms with Crippen molar-refractivity contribution in [2.45, 2.75) is 0 Å². The summed E-state index contributed by atoms with van der Waals surface area (Å²) in [5.74, 6) is 1.27. The molecular formula is C11H9N7. The first-order chi connectivity index (χ1) is 8.83. The molecule has 2 N–H and O–H groups in total. The highest BCUT2D eigenvalue weighted by Gasteiger charge is 2.07. The number of rotatable bonds is 2. The summed E-state index contributed by atoms with van der Waals surface area (Å²) < 4.78 is 0. The fraction of sp³-hybridized carbons (Fsp3) is 0. The van der Waals surface area contributed by atoms with Gasteiger partial charge < -0.3 is 5.73 Å². The lowest BCUT2D eigenvalue weighted by Gasteiger charge is -1.97. The predicted octanol–water partition coefficient (Wildman–Crippen LogP) is 0.701. The zero-order chi connectivity index (χ0) is 12.4. The summed E-state index contributed by atoms with van der Waals surface area (Å²) in [5.41, 5.74) is 6.44. The van der Waals surface area contributed by atoms with Crippen LogP contribution in [0.15, 0.2) is 42.7 Å². The molecule has 0 aliphatic carbocycles. The van der Waals surface area contributed by atoms with Gasteiger partial charge in [-0.2, -0.15) is 0 Å². The molecule has 0 bridgehead atoms. The Hall–Kier alpha value is -2.83. The van der Waals surface area contributed by atoms with Gasteiger partial charge in [0.05, 0.1) is 12.4 Å². The van der Waals surface area contributed by atoms with E-state index in [2.05, 4.69) is 25.4 Å². The first-order valence-electron chi connectivity index (χ1n) is 5.26. The van der Waals surface area contributed by atoms with Crippen molar-refractivity contribution < 1.29 is 0 Å². The van der Waals surface area contributed by atoms with E-state index in [0.29, 0.717) is 17.5 Å². The van der Waals surface area contributed by atoms with Crippen LogP contribution in [-0.2, 0) is 0 Å². The highest BCUT2D eigenvalue weighted by molar-refractivity contribution is 5.53. The molecule has 0 saturated heterocycles. The Kier molecular flexibility index (Phi) is 2.41. The van der Waals surface area contributed by atoms with Gasteiger partial charge in [-0.1, -0.05) is 30.3 Å². The fourth-order valence-corrected chi connectivity index (χ4v) is 1.48. The minimum Gasteiger partial charge on any atom is -0.382 e. The zero-order valence-electron chi connectivity index (χ0n) is 9.30. The van der Waals surface area contributed by atoms with Crippen molar-refractivity contribution >= 4 is 5.82 Å². The Labute approximate surface area is 102 Å². The second-order valence-corrected chi connectivity index (χ2v) is 3.57. The molecule has 3 aromatic rings. The minimum absolute atomic E-state index is 0.311. The van der Waals surface area contributed by atoms with Crippen molar-refractivity contribution in [2.75, 3.05) is 5.73 Å². The maximum absolute atomic E-state index is 5.55. The Bertz CT molecular complexity index is 662. The third-order valence-electron chi connectivity index (χ3n) is 2.29. The van der Waals surface area contributed by atoms with E-state index < -0.39 is 0 Å². The van der Waals surface area contributed by atoms with E-state index in [4.69, 9.17) is 5.73 Å². The monoisotopic (exact) mass is 239 g/mol. The maximum Gasteiger partial charge on any atom is 0.205 e. The minimum atomic E-state index is 0.311. The number of aromatic nitrogens is 6. The van der Waals surface area contributed by atoms with Crippen LogP contribution in [0.1, 0.15) is 0 Å². The lowest BCUT2D eigenvalue weighted by Crippen LogP contribution is -2.04. The normalized spacial score (nSPS) is 10.4. The summed E-state index contributed by atoms with van der Waals surface area (Å²) in [6, 6.07) is 9.57. The van der Waals surface area contributed by atoms with Crippen LogP contribution in [0.2, 0.25) is 0 Å². The molecule has 2 heterocycles. The van der Waals surface area contributed by atoms with E-state index in [9.17, 15) is 0 Å². The second kappa shape index (κ2) is 4.21. The quantitative estimate of drug-likeness (QED) is 0.707. The number of benzene rings is 1. The SMILES string of the molecule is Nc1cncc(-n2nnc(-c3ccccc3)n2)n1. The summed E-state index contributed by atoms with van der Waals surface area (Å²) in [4.78, 5) is 9.29. The molecule has 0 saturated carbocycles. The van der Waals surface area contributed by atoms with Crippen LogP contribution >= 0.6 is 0 Å². The standard InChI is InChI=1S/C11H9N7/c12-9-6-13-7-10(14-9)18-16-11(15-17-18)8-4-2-1-3-5-8/h1-7H,(H2,12,14). The lowest BCUT2D eigenvalue weighted by atomic mass is 10.2. The van der Waals surface area contributed by atoms with Crippen molar-refractivity contribution in [1.29, 1.82) is 0 Å². The lowest BCUT2D eigenvalue weighted by molar-refractivity contribution is 0.698. The number of nitrogens with two attached hydrogens (primary N) is 1. The van der Waals surface area contributed by atoms with Crippen molar-refractivity contribution in [3.63, 3.8) is 0 Å². The predicted molar refractivity (Wildman–Crippen MR) is 64.6 cm³/mol. The smallest absolute Gasteiger partial charge is 0.205 e. The number of nitrogens with zero attached hydrogens (tertiary/aromatic N) is 6. The largest absolute Gasteiger partial charge is 0.382 e. The van der Waals surface area contributed by atoms with Crippen molar-refractivity contribution in [2.24, 2.45) is 0 Å². The average molecular weight is 239 g/mol. The fourth-order valence-electron chi connectivity index (χ4n) is 1.48. The van der Waals surface area contributed by atoms with Gasteiger partial charge in [-0.05, 0) is 5.21 Å². The molecule has 0 aliphatic rings. The summed E-state index contributed by atoms with van der Waals surface area (Å²) in [6.07, 6.45) is 2.98. The van der Waals surface area contributed by atoms with E-state index >= 15 is 0 Å². The Morgan fingerprint density at radius 1 is 1.06 bits per heavy atom. The summed E-state index contributed by atoms with van der Waals surface area (Å²) in [7, 11) is 0. The number of tetrazole rings is 1. The Morgan fingerprint density at radius 2 is 1.89 bits per heavy atom. The van der Waals surface area contributed by atoms with Gasteiger partial charge >= 0.3 is 0 Å². The topological polar surface area (TPSA) is 95.4 Å². The van der Waals surface area contributed by atoms with E-state index in [-0.39, 0.29) is 0 Å².